The fraction of sp³-hybridized carbons (Fsp3) is 0.297. The van der Waals surface area contributed by atoms with E-state index in [0.29, 0.717) is 0 Å². The van der Waals surface area contributed by atoms with Crippen molar-refractivity contribution in [3.05, 3.63) is 144 Å². The van der Waals surface area contributed by atoms with Crippen LogP contribution in [0.5, 0.6) is 0 Å². The van der Waals surface area contributed by atoms with Crippen molar-refractivity contribution in [3.63, 3.8) is 0 Å². The molecule has 0 aliphatic rings. The van der Waals surface area contributed by atoms with E-state index in [2.05, 4.69) is 0 Å². The monoisotopic (exact) mass is 588 g/mol. The molecule has 6 heteroatoms. The van der Waals surface area contributed by atoms with Crippen LogP contribution in [0.2, 0.25) is 0 Å². The zero-order valence-electron chi connectivity index (χ0n) is 25.4. The first kappa shape index (κ1) is 38.7. The third kappa shape index (κ3) is 18.0. The van der Waals surface area contributed by atoms with Crippen molar-refractivity contribution in [1.29, 1.82) is 0 Å². The van der Waals surface area contributed by atoms with Gasteiger partial charge in [0.15, 0.2) is 0 Å². The topological polar surface area (TPSA) is 93.1 Å². The van der Waals surface area contributed by atoms with Crippen LogP contribution in [0.3, 0.4) is 0 Å². The van der Waals surface area contributed by atoms with Gasteiger partial charge in [-0.05, 0) is 49.9 Å². The second kappa shape index (κ2) is 22.4. The minimum atomic E-state index is -0.341. The Morgan fingerprint density at radius 2 is 0.674 bits per heavy atom. The molecule has 0 aliphatic carbocycles. The van der Waals surface area contributed by atoms with E-state index in [1.165, 1.54) is 13.8 Å². The molecule has 0 unspecified atom stereocenters. The lowest BCUT2D eigenvalue weighted by Crippen LogP contribution is -2.04. The maximum Gasteiger partial charge on any atom is 0.303 e. The van der Waals surface area contributed by atoms with E-state index in [1.807, 2.05) is 135 Å². The van der Waals surface area contributed by atoms with Crippen LogP contribution >= 0.6 is 0 Å². The van der Waals surface area contributed by atoms with Crippen molar-refractivity contribution >= 4 is 11.9 Å². The van der Waals surface area contributed by atoms with Gasteiger partial charge in [0.25, 0.3) is 0 Å². The summed E-state index contributed by atoms with van der Waals surface area (Å²) in [5.41, 5.74) is 3.98. The number of ether oxygens (including phenoxy) is 2. The van der Waals surface area contributed by atoms with Crippen LogP contribution in [-0.2, 0) is 19.1 Å². The summed E-state index contributed by atoms with van der Waals surface area (Å²) in [5, 5.41) is 18.0. The van der Waals surface area contributed by atoms with Crippen molar-refractivity contribution < 1.29 is 29.3 Å². The van der Waals surface area contributed by atoms with Gasteiger partial charge in [0.1, 0.15) is 12.2 Å². The molecule has 232 valence electrons. The molecular formula is C37H48O6. The van der Waals surface area contributed by atoms with Gasteiger partial charge in [-0.1, -0.05) is 129 Å². The van der Waals surface area contributed by atoms with Gasteiger partial charge in [0.2, 0.25) is 0 Å². The lowest BCUT2D eigenvalue weighted by atomic mass is 10.1. The number of carbonyl (C=O) groups excluding carboxylic acids is 2. The van der Waals surface area contributed by atoms with Gasteiger partial charge < -0.3 is 19.7 Å². The quantitative estimate of drug-likeness (QED) is 0.219. The predicted octanol–water partition coefficient (Wildman–Crippen LogP) is 8.74. The SMILES string of the molecule is C.CC(=O)O[C@@H](C)c1ccccc1.CC(=O)O[C@H](C)c1ccccc1.C[C@@H](O)c1ccccc1.C[C@H](O)c1ccccc1. The Morgan fingerprint density at radius 1 is 0.465 bits per heavy atom. The zero-order chi connectivity index (χ0) is 31.3. The minimum Gasteiger partial charge on any atom is -0.458 e. The van der Waals surface area contributed by atoms with E-state index in [4.69, 9.17) is 19.7 Å². The molecule has 0 radical (unpaired) electrons. The smallest absolute Gasteiger partial charge is 0.303 e. The number of aliphatic hydroxyl groups is 2. The van der Waals surface area contributed by atoms with Gasteiger partial charge in [-0.2, -0.15) is 0 Å². The summed E-state index contributed by atoms with van der Waals surface area (Å²) >= 11 is 0. The first-order valence-corrected chi connectivity index (χ1v) is 13.9. The summed E-state index contributed by atoms with van der Waals surface area (Å²) in [6.45, 7) is 10.1. The Labute approximate surface area is 258 Å². The molecular weight excluding hydrogens is 540 g/mol. The maximum atomic E-state index is 10.6. The van der Waals surface area contributed by atoms with Crippen LogP contribution in [0, 0.1) is 0 Å². The Bertz CT molecular complexity index is 1140. The van der Waals surface area contributed by atoms with Gasteiger partial charge in [0.05, 0.1) is 12.2 Å². The summed E-state index contributed by atoms with van der Waals surface area (Å²) in [6.07, 6.45) is -0.982. The largest absolute Gasteiger partial charge is 0.458 e. The van der Waals surface area contributed by atoms with Gasteiger partial charge in [-0.25, -0.2) is 0 Å². The molecule has 2 N–H and O–H groups in total. The molecule has 0 spiro atoms. The molecule has 4 rings (SSSR count). The van der Waals surface area contributed by atoms with E-state index in [1.54, 1.807) is 13.8 Å². The van der Waals surface area contributed by atoms with Gasteiger partial charge >= 0.3 is 11.9 Å². The van der Waals surface area contributed by atoms with Gasteiger partial charge in [0, 0.05) is 13.8 Å². The molecule has 0 fully saturated rings. The standard InChI is InChI=1S/2C10H12O2.2C8H10O.CH4/c2*1-8(12-9(2)11)10-6-4-3-5-7-10;2*1-7(9)8-5-3-2-4-6-8;/h2*3-8H,1-2H3;2*2-7,9H,1H3;1H4/t2*8-;2*7-;/m1010./s1. The van der Waals surface area contributed by atoms with Gasteiger partial charge in [-0.15, -0.1) is 0 Å². The number of benzene rings is 4. The normalized spacial score (nSPS) is 12.3. The highest BCUT2D eigenvalue weighted by molar-refractivity contribution is 5.66. The van der Waals surface area contributed by atoms with E-state index >= 15 is 0 Å². The lowest BCUT2D eigenvalue weighted by molar-refractivity contribution is -0.146. The fourth-order valence-electron chi connectivity index (χ4n) is 3.55. The molecule has 4 aromatic carbocycles. The summed E-state index contributed by atoms with van der Waals surface area (Å²) in [7, 11) is 0. The Morgan fingerprint density at radius 3 is 0.837 bits per heavy atom. The second-order valence-corrected chi connectivity index (χ2v) is 9.50. The van der Waals surface area contributed by atoms with Crippen LogP contribution in [-0.4, -0.2) is 22.2 Å². The van der Waals surface area contributed by atoms with E-state index in [9.17, 15) is 9.59 Å². The fourth-order valence-corrected chi connectivity index (χ4v) is 3.55. The third-order valence-electron chi connectivity index (χ3n) is 5.79. The second-order valence-electron chi connectivity index (χ2n) is 9.50. The van der Waals surface area contributed by atoms with Crippen molar-refractivity contribution in [2.75, 3.05) is 0 Å². The molecule has 4 atom stereocenters. The molecule has 0 bridgehead atoms. The number of hydrogen-bond donors (Lipinski definition) is 2. The van der Waals surface area contributed by atoms with E-state index in [0.717, 1.165) is 22.3 Å². The Balaban J connectivity index is 0.000000548. The average Bonchev–Trinajstić information content (AvgIpc) is 2.99. The number of hydrogen-bond acceptors (Lipinski definition) is 6. The molecule has 0 aromatic heterocycles. The van der Waals surface area contributed by atoms with Crippen LogP contribution < -0.4 is 0 Å². The molecule has 4 aromatic rings. The van der Waals surface area contributed by atoms with Crippen LogP contribution in [0.25, 0.3) is 0 Å². The first-order chi connectivity index (χ1) is 20.0. The Kier molecular flexibility index (Phi) is 20.1. The molecule has 0 saturated carbocycles. The van der Waals surface area contributed by atoms with Crippen molar-refractivity contribution in [2.24, 2.45) is 0 Å². The lowest BCUT2D eigenvalue weighted by Gasteiger charge is -2.11. The maximum absolute atomic E-state index is 10.6. The van der Waals surface area contributed by atoms with Crippen molar-refractivity contribution in [3.8, 4) is 0 Å². The highest BCUT2D eigenvalue weighted by Crippen LogP contribution is 2.16. The zero-order valence-corrected chi connectivity index (χ0v) is 25.4. The molecule has 6 nitrogen and oxygen atoms in total. The van der Waals surface area contributed by atoms with Gasteiger partial charge in [-0.3, -0.25) is 9.59 Å². The molecule has 0 aliphatic heterocycles. The predicted molar refractivity (Wildman–Crippen MR) is 174 cm³/mol. The van der Waals surface area contributed by atoms with Crippen molar-refractivity contribution in [1.82, 2.24) is 0 Å². The summed E-state index contributed by atoms with van der Waals surface area (Å²) in [6, 6.07) is 38.5. The summed E-state index contributed by atoms with van der Waals surface area (Å²) in [4.78, 5) is 21.2. The van der Waals surface area contributed by atoms with E-state index < -0.39 is 0 Å². The van der Waals surface area contributed by atoms with Crippen molar-refractivity contribution in [2.45, 2.75) is 73.4 Å². The molecule has 0 heterocycles. The molecule has 0 saturated heterocycles. The first-order valence-electron chi connectivity index (χ1n) is 13.9. The minimum absolute atomic E-state index is 0. The Hall–Kier alpha value is -4.26. The number of carbonyl (C=O) groups is 2. The summed E-state index contributed by atoms with van der Waals surface area (Å²) < 4.78 is 9.99. The molecule has 43 heavy (non-hydrogen) atoms. The average molecular weight is 589 g/mol. The van der Waals surface area contributed by atoms with Crippen LogP contribution in [0.1, 0.15) is 95.6 Å². The summed E-state index contributed by atoms with van der Waals surface area (Å²) in [5.74, 6) is -0.488. The highest BCUT2D eigenvalue weighted by Gasteiger charge is 2.07. The van der Waals surface area contributed by atoms with E-state index in [-0.39, 0.29) is 43.8 Å². The van der Waals surface area contributed by atoms with Crippen LogP contribution in [0.4, 0.5) is 0 Å². The third-order valence-corrected chi connectivity index (χ3v) is 5.79. The highest BCUT2D eigenvalue weighted by atomic mass is 16.5. The molecule has 0 amide bonds. The number of aliphatic hydroxyl groups excluding tert-OH is 2. The van der Waals surface area contributed by atoms with Crippen LogP contribution in [0.15, 0.2) is 121 Å². The number of esters is 2. The number of rotatable bonds is 6.